The van der Waals surface area contributed by atoms with Gasteiger partial charge in [-0.1, -0.05) is 0 Å². The summed E-state index contributed by atoms with van der Waals surface area (Å²) in [7, 11) is 0. The van der Waals surface area contributed by atoms with E-state index in [2.05, 4.69) is 0 Å². The highest BCUT2D eigenvalue weighted by atomic mass is 16.7. The standard InChI is InChI=1S/C9H20O4/c1-4-11-7-8(10)9(12-5-2)13-6-3/h8-10H,4-7H2,1-3H3. The van der Waals surface area contributed by atoms with Crippen molar-refractivity contribution in [3.8, 4) is 0 Å². The molecule has 0 aromatic carbocycles. The second-order valence-corrected chi connectivity index (χ2v) is 2.51. The van der Waals surface area contributed by atoms with Crippen LogP contribution >= 0.6 is 0 Å². The van der Waals surface area contributed by atoms with Gasteiger partial charge in [-0.05, 0) is 20.8 Å². The van der Waals surface area contributed by atoms with Crippen molar-refractivity contribution in [2.24, 2.45) is 0 Å². The lowest BCUT2D eigenvalue weighted by Gasteiger charge is -2.22. The Bertz CT molecular complexity index is 102. The van der Waals surface area contributed by atoms with Crippen molar-refractivity contribution in [3.05, 3.63) is 0 Å². The Morgan fingerprint density at radius 2 is 1.54 bits per heavy atom. The Hall–Kier alpha value is -0.160. The number of rotatable bonds is 8. The van der Waals surface area contributed by atoms with Gasteiger partial charge in [-0.2, -0.15) is 0 Å². The van der Waals surface area contributed by atoms with Crippen LogP contribution in [-0.4, -0.2) is 43.9 Å². The highest BCUT2D eigenvalue weighted by Gasteiger charge is 2.19. The fourth-order valence-corrected chi connectivity index (χ4v) is 0.916. The van der Waals surface area contributed by atoms with E-state index in [1.807, 2.05) is 20.8 Å². The van der Waals surface area contributed by atoms with Gasteiger partial charge in [0, 0.05) is 19.8 Å². The molecule has 0 aliphatic rings. The Kier molecular flexibility index (Phi) is 8.33. The lowest BCUT2D eigenvalue weighted by molar-refractivity contribution is -0.200. The van der Waals surface area contributed by atoms with Gasteiger partial charge < -0.3 is 19.3 Å². The number of ether oxygens (including phenoxy) is 3. The Balaban J connectivity index is 3.72. The third kappa shape index (κ3) is 5.99. The van der Waals surface area contributed by atoms with Gasteiger partial charge in [0.2, 0.25) is 0 Å². The van der Waals surface area contributed by atoms with Crippen molar-refractivity contribution in [2.45, 2.75) is 33.2 Å². The normalized spacial score (nSPS) is 13.6. The summed E-state index contributed by atoms with van der Waals surface area (Å²) in [5.41, 5.74) is 0. The average Bonchev–Trinajstić information content (AvgIpc) is 2.14. The second-order valence-electron chi connectivity index (χ2n) is 2.51. The molecule has 0 aliphatic carbocycles. The number of aliphatic hydroxyl groups excluding tert-OH is 1. The van der Waals surface area contributed by atoms with E-state index in [0.717, 1.165) is 0 Å². The van der Waals surface area contributed by atoms with Crippen LogP contribution in [0.25, 0.3) is 0 Å². The first-order valence-corrected chi connectivity index (χ1v) is 4.75. The third-order valence-corrected chi connectivity index (χ3v) is 1.47. The number of aliphatic hydroxyl groups is 1. The van der Waals surface area contributed by atoms with Crippen molar-refractivity contribution in [2.75, 3.05) is 26.4 Å². The monoisotopic (exact) mass is 192 g/mol. The zero-order valence-corrected chi connectivity index (χ0v) is 8.66. The number of hydrogen-bond donors (Lipinski definition) is 1. The van der Waals surface area contributed by atoms with Crippen LogP contribution < -0.4 is 0 Å². The quantitative estimate of drug-likeness (QED) is 0.577. The van der Waals surface area contributed by atoms with Crippen LogP contribution in [0.3, 0.4) is 0 Å². The molecule has 0 heterocycles. The van der Waals surface area contributed by atoms with Crippen LogP contribution in [0, 0.1) is 0 Å². The molecule has 0 spiro atoms. The van der Waals surface area contributed by atoms with Crippen molar-refractivity contribution >= 4 is 0 Å². The molecule has 0 bridgehead atoms. The molecule has 0 aromatic rings. The van der Waals surface area contributed by atoms with E-state index < -0.39 is 12.4 Å². The van der Waals surface area contributed by atoms with E-state index in [1.54, 1.807) is 0 Å². The molecule has 0 aromatic heterocycles. The van der Waals surface area contributed by atoms with Crippen LogP contribution in [0.5, 0.6) is 0 Å². The average molecular weight is 192 g/mol. The van der Waals surface area contributed by atoms with E-state index in [1.165, 1.54) is 0 Å². The molecule has 0 radical (unpaired) electrons. The van der Waals surface area contributed by atoms with E-state index in [9.17, 15) is 5.11 Å². The molecule has 4 heteroatoms. The Morgan fingerprint density at radius 1 is 1.00 bits per heavy atom. The van der Waals surface area contributed by atoms with Crippen LogP contribution in [0.4, 0.5) is 0 Å². The summed E-state index contributed by atoms with van der Waals surface area (Å²) >= 11 is 0. The van der Waals surface area contributed by atoms with E-state index in [0.29, 0.717) is 19.8 Å². The van der Waals surface area contributed by atoms with Gasteiger partial charge in [0.1, 0.15) is 6.10 Å². The minimum Gasteiger partial charge on any atom is -0.385 e. The van der Waals surface area contributed by atoms with Gasteiger partial charge in [0.25, 0.3) is 0 Å². The summed E-state index contributed by atoms with van der Waals surface area (Å²) in [5, 5.41) is 9.53. The van der Waals surface area contributed by atoms with Crippen molar-refractivity contribution in [3.63, 3.8) is 0 Å². The maximum Gasteiger partial charge on any atom is 0.185 e. The predicted octanol–water partition coefficient (Wildman–Crippen LogP) is 0.783. The first-order valence-electron chi connectivity index (χ1n) is 4.75. The number of hydrogen-bond acceptors (Lipinski definition) is 4. The molecule has 1 unspecified atom stereocenters. The van der Waals surface area contributed by atoms with Crippen molar-refractivity contribution in [1.29, 1.82) is 0 Å². The molecule has 0 amide bonds. The molecule has 0 saturated carbocycles. The van der Waals surface area contributed by atoms with Crippen molar-refractivity contribution in [1.82, 2.24) is 0 Å². The molecule has 1 atom stereocenters. The molecule has 0 aliphatic heterocycles. The summed E-state index contributed by atoms with van der Waals surface area (Å²) in [5.74, 6) is 0. The van der Waals surface area contributed by atoms with Crippen molar-refractivity contribution < 1.29 is 19.3 Å². The smallest absolute Gasteiger partial charge is 0.185 e. The van der Waals surface area contributed by atoms with Crippen LogP contribution in [-0.2, 0) is 14.2 Å². The predicted molar refractivity (Wildman–Crippen MR) is 49.5 cm³/mol. The van der Waals surface area contributed by atoms with E-state index >= 15 is 0 Å². The highest BCUT2D eigenvalue weighted by Crippen LogP contribution is 2.02. The molecule has 1 N–H and O–H groups in total. The second kappa shape index (κ2) is 8.44. The summed E-state index contributed by atoms with van der Waals surface area (Å²) in [6.45, 7) is 7.48. The van der Waals surface area contributed by atoms with Gasteiger partial charge >= 0.3 is 0 Å². The molecule has 0 fully saturated rings. The SMILES string of the molecule is CCOCC(O)C(OCC)OCC. The maximum atomic E-state index is 9.53. The Morgan fingerprint density at radius 3 is 1.92 bits per heavy atom. The fraction of sp³-hybridized carbons (Fsp3) is 1.00. The summed E-state index contributed by atoms with van der Waals surface area (Å²) in [6, 6.07) is 0. The first-order chi connectivity index (χ1) is 6.26. The largest absolute Gasteiger partial charge is 0.385 e. The summed E-state index contributed by atoms with van der Waals surface area (Å²) < 4.78 is 15.4. The molecule has 0 saturated heterocycles. The molecule has 80 valence electrons. The zero-order chi connectivity index (χ0) is 10.1. The lowest BCUT2D eigenvalue weighted by Crippen LogP contribution is -2.35. The molecular weight excluding hydrogens is 172 g/mol. The fourth-order valence-electron chi connectivity index (χ4n) is 0.916. The molecule has 13 heavy (non-hydrogen) atoms. The summed E-state index contributed by atoms with van der Waals surface area (Å²) in [4.78, 5) is 0. The third-order valence-electron chi connectivity index (χ3n) is 1.47. The van der Waals surface area contributed by atoms with Gasteiger partial charge in [-0.15, -0.1) is 0 Å². The van der Waals surface area contributed by atoms with Gasteiger partial charge in [-0.25, -0.2) is 0 Å². The van der Waals surface area contributed by atoms with Gasteiger partial charge in [0.05, 0.1) is 6.61 Å². The zero-order valence-electron chi connectivity index (χ0n) is 8.66. The van der Waals surface area contributed by atoms with Crippen LogP contribution in [0.1, 0.15) is 20.8 Å². The Labute approximate surface area is 79.8 Å². The molecule has 0 rings (SSSR count). The topological polar surface area (TPSA) is 47.9 Å². The van der Waals surface area contributed by atoms with Crippen LogP contribution in [0.2, 0.25) is 0 Å². The van der Waals surface area contributed by atoms with Gasteiger partial charge in [-0.3, -0.25) is 0 Å². The lowest BCUT2D eigenvalue weighted by atomic mass is 10.3. The summed E-state index contributed by atoms with van der Waals surface area (Å²) in [6.07, 6.45) is -1.28. The minimum absolute atomic E-state index is 0.251. The molecular formula is C9H20O4. The van der Waals surface area contributed by atoms with E-state index in [4.69, 9.17) is 14.2 Å². The first kappa shape index (κ1) is 12.8. The minimum atomic E-state index is -0.708. The van der Waals surface area contributed by atoms with E-state index in [-0.39, 0.29) is 6.61 Å². The highest BCUT2D eigenvalue weighted by molar-refractivity contribution is 4.58. The van der Waals surface area contributed by atoms with Gasteiger partial charge in [0.15, 0.2) is 6.29 Å². The maximum absolute atomic E-state index is 9.53. The van der Waals surface area contributed by atoms with Crippen LogP contribution in [0.15, 0.2) is 0 Å². The molecule has 4 nitrogen and oxygen atoms in total.